The van der Waals surface area contributed by atoms with E-state index in [-0.39, 0.29) is 46.9 Å². The molecule has 5 fully saturated rings. The lowest BCUT2D eigenvalue weighted by Crippen LogP contribution is -2.62. The van der Waals surface area contributed by atoms with Gasteiger partial charge in [-0.1, -0.05) is 34.1 Å². The Hall–Kier alpha value is -0.850. The van der Waals surface area contributed by atoms with E-state index >= 15 is 0 Å². The van der Waals surface area contributed by atoms with E-state index < -0.39 is 7.60 Å². The van der Waals surface area contributed by atoms with E-state index in [0.717, 1.165) is 32.1 Å². The zero-order valence-corrected chi connectivity index (χ0v) is 27.0. The van der Waals surface area contributed by atoms with Crippen LogP contribution in [0.5, 0.6) is 0 Å². The zero-order valence-electron chi connectivity index (χ0n) is 26.1. The number of nitrogens with zero attached hydrogens (tertiary/aromatic N) is 1. The highest BCUT2D eigenvalue weighted by Gasteiger charge is 2.64. The van der Waals surface area contributed by atoms with Crippen molar-refractivity contribution in [3.05, 3.63) is 29.8 Å². The second-order valence-electron chi connectivity index (χ2n) is 15.2. The van der Waals surface area contributed by atoms with Crippen LogP contribution in [0.15, 0.2) is 18.5 Å². The van der Waals surface area contributed by atoms with Gasteiger partial charge in [0, 0.05) is 12.1 Å². The summed E-state index contributed by atoms with van der Waals surface area (Å²) >= 11 is 0. The summed E-state index contributed by atoms with van der Waals surface area (Å²) in [4.78, 5) is 3.85. The minimum Gasteiger partial charge on any atom is -0.393 e. The number of halogens is 1. The van der Waals surface area contributed by atoms with Crippen molar-refractivity contribution >= 4 is 7.60 Å². The molecule has 0 spiro atoms. The smallest absolute Gasteiger partial charge is 0.331 e. The zero-order chi connectivity index (χ0) is 29.9. The molecule has 0 radical (unpaired) electrons. The van der Waals surface area contributed by atoms with Gasteiger partial charge >= 0.3 is 7.60 Å². The average molecular weight is 606 g/mol. The van der Waals surface area contributed by atoms with Gasteiger partial charge < -0.3 is 19.3 Å². The van der Waals surface area contributed by atoms with Crippen molar-refractivity contribution in [1.29, 1.82) is 0 Å². The van der Waals surface area contributed by atoms with Crippen LogP contribution in [0.4, 0.5) is 4.39 Å². The lowest BCUT2D eigenvalue weighted by atomic mass is 9.41. The third-order valence-corrected chi connectivity index (χ3v) is 15.5. The van der Waals surface area contributed by atoms with Crippen molar-refractivity contribution in [1.82, 2.24) is 4.98 Å². The molecule has 6 nitrogen and oxygen atoms in total. The minimum absolute atomic E-state index is 0.183. The summed E-state index contributed by atoms with van der Waals surface area (Å²) in [5, 5.41) is 22.5. The van der Waals surface area contributed by atoms with E-state index in [2.05, 4.69) is 32.7 Å². The van der Waals surface area contributed by atoms with Gasteiger partial charge in [-0.05, 0) is 122 Å². The molecule has 5 aliphatic rings. The molecular formula is C34H53FNO5P. The molecule has 8 heteroatoms. The second-order valence-corrected chi connectivity index (χ2v) is 17.3. The molecule has 0 bridgehead atoms. The maximum absolute atomic E-state index is 14.4. The van der Waals surface area contributed by atoms with E-state index in [4.69, 9.17) is 9.05 Å². The van der Waals surface area contributed by atoms with Crippen LogP contribution in [0.2, 0.25) is 0 Å². The summed E-state index contributed by atoms with van der Waals surface area (Å²) in [6.45, 7) is 10.2. The van der Waals surface area contributed by atoms with Gasteiger partial charge in [0.2, 0.25) is 0 Å². The minimum atomic E-state index is -3.29. The van der Waals surface area contributed by atoms with Gasteiger partial charge in [-0.15, -0.1) is 0 Å². The lowest BCUT2D eigenvalue weighted by Gasteiger charge is -2.64. The molecule has 0 amide bonds. The highest BCUT2D eigenvalue weighted by atomic mass is 31.2. The quantitative estimate of drug-likeness (QED) is 0.312. The monoisotopic (exact) mass is 605 g/mol. The van der Waals surface area contributed by atoms with Gasteiger partial charge in [0.25, 0.3) is 0 Å². The molecule has 4 unspecified atom stereocenters. The third-order valence-electron chi connectivity index (χ3n) is 13.5. The topological polar surface area (TPSA) is 88.9 Å². The number of fused-ring (bicyclic) bond motifs is 5. The lowest BCUT2D eigenvalue weighted by molar-refractivity contribution is -0.203. The van der Waals surface area contributed by atoms with Gasteiger partial charge in [0.15, 0.2) is 0 Å². The van der Waals surface area contributed by atoms with Gasteiger partial charge in [0.05, 0.1) is 37.8 Å². The predicted molar refractivity (Wildman–Crippen MR) is 161 cm³/mol. The molecule has 13 atom stereocenters. The molecule has 1 aliphatic heterocycles. The molecule has 1 saturated heterocycles. The predicted octanol–water partition coefficient (Wildman–Crippen LogP) is 7.59. The van der Waals surface area contributed by atoms with Crippen LogP contribution in [0.25, 0.3) is 0 Å². The van der Waals surface area contributed by atoms with Crippen molar-refractivity contribution in [2.24, 2.45) is 52.3 Å². The van der Waals surface area contributed by atoms with E-state index in [1.807, 2.05) is 0 Å². The number of pyridine rings is 1. The van der Waals surface area contributed by atoms with Gasteiger partial charge in [-0.2, -0.15) is 0 Å². The Bertz CT molecular complexity index is 1170. The van der Waals surface area contributed by atoms with Gasteiger partial charge in [0.1, 0.15) is 5.82 Å². The van der Waals surface area contributed by atoms with Crippen LogP contribution in [0.3, 0.4) is 0 Å². The molecule has 1 aromatic rings. The fraction of sp³-hybridized carbons (Fsp3) is 0.853. The number of hydrogen-bond donors (Lipinski definition) is 2. The maximum Gasteiger partial charge on any atom is 0.331 e. The SMILES string of the molecule is CC[C@@H]1C2C[C@H](O)CC[C@]2(C)C2CC[C@@]3(C)C(CC[C@@H]3[C@H](C)CCO[P@]3(=O)C[C@H](c4ccncc4F)CCO3)C2[C@@H]1O. The van der Waals surface area contributed by atoms with Crippen LogP contribution in [-0.2, 0) is 13.6 Å². The Morgan fingerprint density at radius 2 is 1.88 bits per heavy atom. The highest BCUT2D eigenvalue weighted by Crippen LogP contribution is 2.69. The van der Waals surface area contributed by atoms with E-state index in [9.17, 15) is 19.2 Å². The number of hydrogen-bond acceptors (Lipinski definition) is 6. The third kappa shape index (κ3) is 5.25. The highest BCUT2D eigenvalue weighted by molar-refractivity contribution is 7.53. The first-order chi connectivity index (χ1) is 20.0. The fourth-order valence-corrected chi connectivity index (χ4v) is 13.3. The summed E-state index contributed by atoms with van der Waals surface area (Å²) < 4.78 is 39.6. The molecule has 2 heterocycles. The standard InChI is InChI=1S/C34H53FNO5P/c1-5-24-29-18-23(37)8-13-34(29,4)28-9-14-33(3)26(6-7-27(33)31(28)32(24)38)21(2)11-16-40-42(39)20-22(12-17-41-42)25-10-15-36-19-30(25)35/h10,15,19,21-24,26-29,31-32,37-38H,5-9,11-14,16-18,20H2,1-4H3/t21-,22-,23-,24-,26-,27?,28?,29?,31?,32-,33-,34-,42-/m1/s1. The maximum atomic E-state index is 14.4. The number of rotatable bonds is 7. The number of aromatic nitrogens is 1. The number of aliphatic hydroxyl groups is 2. The molecule has 6 rings (SSSR count). The summed E-state index contributed by atoms with van der Waals surface area (Å²) in [5.74, 6) is 2.51. The number of aliphatic hydroxyl groups excluding tert-OH is 2. The molecule has 4 aliphatic carbocycles. The molecule has 2 N–H and O–H groups in total. The Morgan fingerprint density at radius 3 is 2.64 bits per heavy atom. The van der Waals surface area contributed by atoms with Crippen LogP contribution >= 0.6 is 7.60 Å². The van der Waals surface area contributed by atoms with Gasteiger partial charge in [-0.3, -0.25) is 9.55 Å². The van der Waals surface area contributed by atoms with E-state index in [1.54, 1.807) is 12.3 Å². The van der Waals surface area contributed by atoms with Crippen molar-refractivity contribution in [3.63, 3.8) is 0 Å². The normalized spacial score (nSPS) is 47.7. The summed E-state index contributed by atoms with van der Waals surface area (Å²) in [5.41, 5.74) is 0.949. The van der Waals surface area contributed by atoms with E-state index in [0.29, 0.717) is 60.7 Å². The molecule has 4 saturated carbocycles. The van der Waals surface area contributed by atoms with Crippen molar-refractivity contribution in [3.8, 4) is 0 Å². The summed E-state index contributed by atoms with van der Waals surface area (Å²) in [6.07, 6.45) is 12.5. The Morgan fingerprint density at radius 1 is 1.12 bits per heavy atom. The molecule has 1 aromatic heterocycles. The first-order valence-corrected chi connectivity index (χ1v) is 18.6. The fourth-order valence-electron chi connectivity index (χ4n) is 11.3. The summed E-state index contributed by atoms with van der Waals surface area (Å²) in [6, 6.07) is 1.67. The second kappa shape index (κ2) is 11.8. The largest absolute Gasteiger partial charge is 0.393 e. The Labute approximate surface area is 252 Å². The molecule has 42 heavy (non-hydrogen) atoms. The first kappa shape index (κ1) is 31.1. The molecule has 236 valence electrons. The Kier molecular flexibility index (Phi) is 8.77. The average Bonchev–Trinajstić information content (AvgIpc) is 3.31. The van der Waals surface area contributed by atoms with Crippen LogP contribution in [0, 0.1) is 58.1 Å². The van der Waals surface area contributed by atoms with Crippen LogP contribution in [-0.4, -0.2) is 46.8 Å². The first-order valence-electron chi connectivity index (χ1n) is 16.8. The molecule has 0 aromatic carbocycles. The van der Waals surface area contributed by atoms with Crippen molar-refractivity contribution < 1.29 is 28.2 Å². The van der Waals surface area contributed by atoms with Crippen LogP contribution in [0.1, 0.15) is 103 Å². The van der Waals surface area contributed by atoms with Crippen molar-refractivity contribution in [2.45, 2.75) is 110 Å². The molecular weight excluding hydrogens is 552 g/mol. The van der Waals surface area contributed by atoms with Crippen LogP contribution < -0.4 is 0 Å². The Balaban J connectivity index is 1.11. The van der Waals surface area contributed by atoms with Gasteiger partial charge in [-0.25, -0.2) is 4.39 Å². The van der Waals surface area contributed by atoms with Crippen molar-refractivity contribution in [2.75, 3.05) is 19.4 Å². The summed E-state index contributed by atoms with van der Waals surface area (Å²) in [7, 11) is -3.29. The van der Waals surface area contributed by atoms with E-state index in [1.165, 1.54) is 31.9 Å².